The van der Waals surface area contributed by atoms with E-state index in [1.165, 1.54) is 22.0 Å². The van der Waals surface area contributed by atoms with Crippen molar-refractivity contribution in [2.75, 3.05) is 46.4 Å². The Bertz CT molecular complexity index is 1070. The van der Waals surface area contributed by atoms with Gasteiger partial charge in [0.1, 0.15) is 11.6 Å². The molecule has 0 saturated carbocycles. The zero-order chi connectivity index (χ0) is 24.1. The number of hydrogen-bond donors (Lipinski definition) is 0. The van der Waals surface area contributed by atoms with Crippen LogP contribution in [0.5, 0.6) is 5.75 Å². The number of amides is 1. The Kier molecular flexibility index (Phi) is 7.85. The molecule has 1 amide bonds. The van der Waals surface area contributed by atoms with Gasteiger partial charge >= 0.3 is 0 Å². The second kappa shape index (κ2) is 10.8. The first-order valence-corrected chi connectivity index (χ1v) is 13.2. The summed E-state index contributed by atoms with van der Waals surface area (Å²) in [7, 11) is -2.02. The summed E-state index contributed by atoms with van der Waals surface area (Å²) in [5, 5.41) is 0. The number of benzene rings is 2. The van der Waals surface area contributed by atoms with E-state index in [4.69, 9.17) is 4.74 Å². The first-order valence-electron chi connectivity index (χ1n) is 11.8. The lowest BCUT2D eigenvalue weighted by molar-refractivity contribution is -0.136. The van der Waals surface area contributed by atoms with Gasteiger partial charge in [-0.3, -0.25) is 9.69 Å². The van der Waals surface area contributed by atoms with Crippen molar-refractivity contribution in [3.8, 4) is 5.75 Å². The van der Waals surface area contributed by atoms with E-state index in [2.05, 4.69) is 17.0 Å². The average molecular weight is 490 g/mol. The predicted molar refractivity (Wildman–Crippen MR) is 127 cm³/mol. The molecule has 2 heterocycles. The molecule has 0 radical (unpaired) electrons. The molecule has 0 N–H and O–H groups in total. The number of nitrogens with zero attached hydrogens (tertiary/aromatic N) is 3. The number of ether oxygens (including phenoxy) is 1. The van der Waals surface area contributed by atoms with Gasteiger partial charge in [-0.2, -0.15) is 4.31 Å². The first kappa shape index (κ1) is 24.6. The third-order valence-corrected chi connectivity index (χ3v) is 8.63. The number of sulfonamides is 1. The second-order valence-corrected chi connectivity index (χ2v) is 10.9. The van der Waals surface area contributed by atoms with Crippen LogP contribution in [0.4, 0.5) is 4.39 Å². The van der Waals surface area contributed by atoms with Gasteiger partial charge in [-0.1, -0.05) is 12.1 Å². The third-order valence-electron chi connectivity index (χ3n) is 6.72. The molecular weight excluding hydrogens is 457 g/mol. The normalized spacial score (nSPS) is 19.1. The summed E-state index contributed by atoms with van der Waals surface area (Å²) in [6.07, 6.45) is 1.93. The molecule has 0 aromatic heterocycles. The van der Waals surface area contributed by atoms with E-state index < -0.39 is 15.8 Å². The minimum atomic E-state index is -3.67. The van der Waals surface area contributed by atoms with Gasteiger partial charge in [0.05, 0.1) is 12.0 Å². The van der Waals surface area contributed by atoms with E-state index >= 15 is 0 Å². The van der Waals surface area contributed by atoms with E-state index in [9.17, 15) is 17.6 Å². The molecule has 2 aliphatic rings. The SMILES string of the molecule is COc1ccc(CN2CCCN(C(=O)C3CCN(S(=O)(=O)c4ccc(F)cc4)CC3)CC2)cc1. The van der Waals surface area contributed by atoms with E-state index in [1.807, 2.05) is 17.0 Å². The zero-order valence-electron chi connectivity index (χ0n) is 19.5. The van der Waals surface area contributed by atoms with Crippen molar-refractivity contribution in [3.63, 3.8) is 0 Å². The molecule has 34 heavy (non-hydrogen) atoms. The summed E-state index contributed by atoms with van der Waals surface area (Å²) in [6, 6.07) is 13.0. The summed E-state index contributed by atoms with van der Waals surface area (Å²) in [5.74, 6) is 0.342. The van der Waals surface area contributed by atoms with Gasteiger partial charge < -0.3 is 9.64 Å². The Morgan fingerprint density at radius 2 is 1.62 bits per heavy atom. The summed E-state index contributed by atoms with van der Waals surface area (Å²) >= 11 is 0. The van der Waals surface area contributed by atoms with Crippen molar-refractivity contribution in [2.24, 2.45) is 5.92 Å². The molecule has 2 aromatic carbocycles. The lowest BCUT2D eigenvalue weighted by Crippen LogP contribution is -2.45. The maximum absolute atomic E-state index is 13.2. The van der Waals surface area contributed by atoms with Crippen molar-refractivity contribution < 1.29 is 22.3 Å². The topological polar surface area (TPSA) is 70.2 Å². The smallest absolute Gasteiger partial charge is 0.243 e. The minimum absolute atomic E-state index is 0.0862. The van der Waals surface area contributed by atoms with Crippen molar-refractivity contribution in [2.45, 2.75) is 30.7 Å². The molecule has 0 bridgehead atoms. The highest BCUT2D eigenvalue weighted by molar-refractivity contribution is 7.89. The van der Waals surface area contributed by atoms with E-state index in [-0.39, 0.29) is 16.7 Å². The molecule has 9 heteroatoms. The molecule has 4 rings (SSSR count). The lowest BCUT2D eigenvalue weighted by atomic mass is 9.96. The van der Waals surface area contributed by atoms with Gasteiger partial charge in [-0.05, 0) is 61.2 Å². The van der Waals surface area contributed by atoms with Gasteiger partial charge in [0.25, 0.3) is 0 Å². The Hall–Kier alpha value is -2.49. The summed E-state index contributed by atoms with van der Waals surface area (Å²) in [6.45, 7) is 4.60. The third kappa shape index (κ3) is 5.76. The average Bonchev–Trinajstić information content (AvgIpc) is 3.10. The Morgan fingerprint density at radius 1 is 0.941 bits per heavy atom. The minimum Gasteiger partial charge on any atom is -0.497 e. The Morgan fingerprint density at radius 3 is 2.26 bits per heavy atom. The molecule has 2 saturated heterocycles. The van der Waals surface area contributed by atoms with Crippen LogP contribution >= 0.6 is 0 Å². The predicted octanol–water partition coefficient (Wildman–Crippen LogP) is 2.97. The molecule has 184 valence electrons. The highest BCUT2D eigenvalue weighted by Gasteiger charge is 2.34. The Balaban J connectivity index is 1.28. The van der Waals surface area contributed by atoms with Crippen LogP contribution in [-0.4, -0.2) is 74.8 Å². The van der Waals surface area contributed by atoms with Crippen LogP contribution in [0.25, 0.3) is 0 Å². The van der Waals surface area contributed by atoms with Crippen LogP contribution in [0, 0.1) is 11.7 Å². The number of methoxy groups -OCH3 is 1. The Labute approximate surface area is 201 Å². The second-order valence-electron chi connectivity index (χ2n) is 8.94. The molecule has 0 atom stereocenters. The maximum Gasteiger partial charge on any atom is 0.243 e. The van der Waals surface area contributed by atoms with Crippen molar-refractivity contribution in [1.29, 1.82) is 0 Å². The molecule has 2 fully saturated rings. The quantitative estimate of drug-likeness (QED) is 0.624. The largest absolute Gasteiger partial charge is 0.497 e. The van der Waals surface area contributed by atoms with E-state index in [0.717, 1.165) is 50.5 Å². The fourth-order valence-corrected chi connectivity index (χ4v) is 6.17. The number of piperidine rings is 1. The summed E-state index contributed by atoms with van der Waals surface area (Å²) < 4.78 is 45.5. The lowest BCUT2D eigenvalue weighted by Gasteiger charge is -2.33. The van der Waals surface area contributed by atoms with Gasteiger partial charge in [0.15, 0.2) is 0 Å². The number of rotatable bonds is 6. The van der Waals surface area contributed by atoms with Crippen LogP contribution in [0.3, 0.4) is 0 Å². The molecular formula is C25H32FN3O4S. The summed E-state index contributed by atoms with van der Waals surface area (Å²) in [4.78, 5) is 17.6. The fraction of sp³-hybridized carbons (Fsp3) is 0.480. The number of hydrogen-bond acceptors (Lipinski definition) is 5. The van der Waals surface area contributed by atoms with Crippen LogP contribution in [0.2, 0.25) is 0 Å². The van der Waals surface area contributed by atoms with Crippen LogP contribution in [0.15, 0.2) is 53.4 Å². The number of halogens is 1. The van der Waals surface area contributed by atoms with Crippen LogP contribution < -0.4 is 4.74 Å². The number of carbonyl (C=O) groups is 1. The molecule has 7 nitrogen and oxygen atoms in total. The van der Waals surface area contributed by atoms with Crippen molar-refractivity contribution in [3.05, 3.63) is 59.9 Å². The first-order chi connectivity index (χ1) is 16.4. The van der Waals surface area contributed by atoms with Crippen LogP contribution in [-0.2, 0) is 21.4 Å². The molecule has 0 unspecified atom stereocenters. The zero-order valence-corrected chi connectivity index (χ0v) is 20.3. The molecule has 2 aromatic rings. The molecule has 2 aliphatic heterocycles. The maximum atomic E-state index is 13.2. The van der Waals surface area contributed by atoms with Crippen molar-refractivity contribution >= 4 is 15.9 Å². The molecule has 0 spiro atoms. The van der Waals surface area contributed by atoms with Gasteiger partial charge in [0.2, 0.25) is 15.9 Å². The standard InChI is InChI=1S/C25H32FN3O4S/c1-33-23-7-3-20(4-8-23)19-27-13-2-14-28(18-17-27)25(30)21-11-15-29(16-12-21)34(31,32)24-9-5-22(26)6-10-24/h3-10,21H,2,11-19H2,1H3. The van der Waals surface area contributed by atoms with E-state index in [1.54, 1.807) is 7.11 Å². The summed E-state index contributed by atoms with van der Waals surface area (Å²) in [5.41, 5.74) is 1.22. The van der Waals surface area contributed by atoms with Gasteiger partial charge in [-0.25, -0.2) is 12.8 Å². The number of carbonyl (C=O) groups excluding carboxylic acids is 1. The molecule has 0 aliphatic carbocycles. The highest BCUT2D eigenvalue weighted by atomic mass is 32.2. The van der Waals surface area contributed by atoms with Crippen molar-refractivity contribution in [1.82, 2.24) is 14.1 Å². The fourth-order valence-electron chi connectivity index (χ4n) is 4.70. The van der Waals surface area contributed by atoms with Gasteiger partial charge in [0, 0.05) is 51.7 Å². The van der Waals surface area contributed by atoms with E-state index in [0.29, 0.717) is 32.5 Å². The highest BCUT2D eigenvalue weighted by Crippen LogP contribution is 2.26. The monoisotopic (exact) mass is 489 g/mol. The van der Waals surface area contributed by atoms with Crippen LogP contribution in [0.1, 0.15) is 24.8 Å². The van der Waals surface area contributed by atoms with Gasteiger partial charge in [-0.15, -0.1) is 0 Å².